The van der Waals surface area contributed by atoms with E-state index >= 15 is 0 Å². The molecule has 1 heterocycles. The van der Waals surface area contributed by atoms with Crippen molar-refractivity contribution in [1.29, 1.82) is 0 Å². The number of nitrogens with one attached hydrogen (secondary N) is 1. The van der Waals surface area contributed by atoms with E-state index in [2.05, 4.69) is 15.6 Å². The molecule has 6 nitrogen and oxygen atoms in total. The van der Waals surface area contributed by atoms with Crippen molar-refractivity contribution in [2.75, 3.05) is 0 Å². The van der Waals surface area contributed by atoms with Crippen LogP contribution in [0.1, 0.15) is 29.7 Å². The Morgan fingerprint density at radius 1 is 1.16 bits per heavy atom. The maximum absolute atomic E-state index is 12.6. The Bertz CT molecular complexity index is 977. The molecule has 0 aliphatic carbocycles. The van der Waals surface area contributed by atoms with E-state index in [1.165, 1.54) is 0 Å². The van der Waals surface area contributed by atoms with Gasteiger partial charge in [0.05, 0.1) is 11.4 Å². The average molecular weight is 336 g/mol. The molecule has 0 saturated carbocycles. The Labute approximate surface area is 145 Å². The normalized spacial score (nSPS) is 12.1. The van der Waals surface area contributed by atoms with Crippen molar-refractivity contribution in [3.63, 3.8) is 0 Å². The number of amides is 1. The molecule has 25 heavy (non-hydrogen) atoms. The van der Waals surface area contributed by atoms with Crippen LogP contribution in [0.3, 0.4) is 0 Å². The Kier molecular flexibility index (Phi) is 4.61. The highest BCUT2D eigenvalue weighted by molar-refractivity contribution is 5.81. The van der Waals surface area contributed by atoms with Gasteiger partial charge in [-0.3, -0.25) is 9.59 Å². The fourth-order valence-electron chi connectivity index (χ4n) is 2.75. The van der Waals surface area contributed by atoms with Crippen molar-refractivity contribution in [2.45, 2.75) is 33.4 Å². The van der Waals surface area contributed by atoms with E-state index in [-0.39, 0.29) is 24.1 Å². The van der Waals surface area contributed by atoms with Gasteiger partial charge in [-0.2, -0.15) is 0 Å². The Morgan fingerprint density at radius 2 is 1.88 bits per heavy atom. The first-order valence-electron chi connectivity index (χ1n) is 8.15. The van der Waals surface area contributed by atoms with Crippen LogP contribution in [0.4, 0.5) is 0 Å². The lowest BCUT2D eigenvalue weighted by atomic mass is 10.1. The first-order valence-corrected chi connectivity index (χ1v) is 8.15. The van der Waals surface area contributed by atoms with Crippen LogP contribution >= 0.6 is 0 Å². The number of rotatable bonds is 4. The molecular weight excluding hydrogens is 316 g/mol. The third kappa shape index (κ3) is 3.57. The van der Waals surface area contributed by atoms with Crippen molar-refractivity contribution in [3.8, 4) is 0 Å². The summed E-state index contributed by atoms with van der Waals surface area (Å²) in [5, 5.41) is 11.3. The zero-order valence-electron chi connectivity index (χ0n) is 14.5. The van der Waals surface area contributed by atoms with Crippen molar-refractivity contribution >= 4 is 16.8 Å². The molecule has 0 fully saturated rings. The maximum Gasteiger partial charge on any atom is 0.278 e. The number of nitrogens with zero attached hydrogens (tertiary/aromatic N) is 3. The number of benzene rings is 2. The molecule has 3 aromatic rings. The summed E-state index contributed by atoms with van der Waals surface area (Å²) in [5.74, 6) is -0.280. The molecule has 1 aromatic heterocycles. The molecule has 0 aliphatic rings. The molecule has 1 atom stereocenters. The first kappa shape index (κ1) is 16.8. The smallest absolute Gasteiger partial charge is 0.278 e. The number of carbonyl (C=O) groups is 1. The molecule has 1 N–H and O–H groups in total. The average Bonchev–Trinajstić information content (AvgIpc) is 2.58. The Balaban J connectivity index is 1.78. The fourth-order valence-corrected chi connectivity index (χ4v) is 2.75. The third-order valence-corrected chi connectivity index (χ3v) is 4.21. The van der Waals surface area contributed by atoms with Gasteiger partial charge in [-0.05, 0) is 38.0 Å². The van der Waals surface area contributed by atoms with Gasteiger partial charge in [-0.15, -0.1) is 5.10 Å². The summed E-state index contributed by atoms with van der Waals surface area (Å²) in [5.41, 5.74) is 3.22. The summed E-state index contributed by atoms with van der Waals surface area (Å²) >= 11 is 0. The zero-order chi connectivity index (χ0) is 18.0. The van der Waals surface area contributed by atoms with Crippen LogP contribution in [-0.2, 0) is 11.3 Å². The summed E-state index contributed by atoms with van der Waals surface area (Å²) in [4.78, 5) is 24.9. The Hall–Kier alpha value is -3.02. The number of carbonyl (C=O) groups excluding carboxylic acids is 1. The quantitative estimate of drug-likeness (QED) is 0.793. The minimum absolute atomic E-state index is 0.154. The van der Waals surface area contributed by atoms with E-state index in [4.69, 9.17) is 0 Å². The first-order chi connectivity index (χ1) is 12.0. The molecule has 1 unspecified atom stereocenters. The molecular formula is C19H20N4O2. The lowest BCUT2D eigenvalue weighted by molar-refractivity contribution is -0.122. The molecule has 0 saturated heterocycles. The monoisotopic (exact) mass is 336 g/mol. The standard InChI is InChI=1S/C19H20N4O2/c1-12-7-9-15(10-8-12)14(3)20-17(24)11-23-19(25)18-13(2)5-4-6-16(18)21-22-23/h4-10,14H,11H2,1-3H3,(H,20,24). The summed E-state index contributed by atoms with van der Waals surface area (Å²) in [7, 11) is 0. The molecule has 0 bridgehead atoms. The lowest BCUT2D eigenvalue weighted by Crippen LogP contribution is -2.35. The van der Waals surface area contributed by atoms with Gasteiger partial charge in [-0.25, -0.2) is 4.68 Å². The minimum Gasteiger partial charge on any atom is -0.348 e. The molecule has 2 aromatic carbocycles. The van der Waals surface area contributed by atoms with Crippen LogP contribution in [0, 0.1) is 13.8 Å². The Morgan fingerprint density at radius 3 is 2.60 bits per heavy atom. The molecule has 0 aliphatic heterocycles. The summed E-state index contributed by atoms with van der Waals surface area (Å²) in [6.07, 6.45) is 0. The van der Waals surface area contributed by atoms with Gasteiger partial charge in [0.25, 0.3) is 5.56 Å². The molecule has 1 amide bonds. The van der Waals surface area contributed by atoms with Crippen LogP contribution in [0.15, 0.2) is 47.3 Å². The number of hydrogen-bond acceptors (Lipinski definition) is 4. The second kappa shape index (κ2) is 6.84. The van der Waals surface area contributed by atoms with Gasteiger partial charge in [0, 0.05) is 0 Å². The second-order valence-corrected chi connectivity index (χ2v) is 6.22. The largest absolute Gasteiger partial charge is 0.348 e. The van der Waals surface area contributed by atoms with E-state index in [1.807, 2.05) is 57.2 Å². The van der Waals surface area contributed by atoms with E-state index in [9.17, 15) is 9.59 Å². The predicted molar refractivity (Wildman–Crippen MR) is 96.3 cm³/mol. The summed E-state index contributed by atoms with van der Waals surface area (Å²) in [6, 6.07) is 13.2. The maximum atomic E-state index is 12.6. The molecule has 6 heteroatoms. The van der Waals surface area contributed by atoms with Gasteiger partial charge < -0.3 is 5.32 Å². The molecule has 128 valence electrons. The molecule has 3 rings (SSSR count). The van der Waals surface area contributed by atoms with Crippen molar-refractivity contribution < 1.29 is 4.79 Å². The highest BCUT2D eigenvalue weighted by Gasteiger charge is 2.13. The van der Waals surface area contributed by atoms with Gasteiger partial charge in [0.2, 0.25) is 5.91 Å². The van der Waals surface area contributed by atoms with E-state index in [1.54, 1.807) is 6.07 Å². The van der Waals surface area contributed by atoms with Crippen LogP contribution in [-0.4, -0.2) is 20.9 Å². The van der Waals surface area contributed by atoms with Crippen molar-refractivity contribution in [2.24, 2.45) is 0 Å². The zero-order valence-corrected chi connectivity index (χ0v) is 14.5. The molecule has 0 spiro atoms. The number of fused-ring (bicyclic) bond motifs is 1. The summed E-state index contributed by atoms with van der Waals surface area (Å²) < 4.78 is 1.10. The highest BCUT2D eigenvalue weighted by atomic mass is 16.2. The fraction of sp³-hybridized carbons (Fsp3) is 0.263. The van der Waals surface area contributed by atoms with E-state index in [0.29, 0.717) is 10.9 Å². The van der Waals surface area contributed by atoms with Crippen LogP contribution in [0.25, 0.3) is 10.9 Å². The molecule has 0 radical (unpaired) electrons. The topological polar surface area (TPSA) is 76.9 Å². The SMILES string of the molecule is Cc1ccc(C(C)NC(=O)Cn2nnc3cccc(C)c3c2=O)cc1. The highest BCUT2D eigenvalue weighted by Crippen LogP contribution is 2.13. The van der Waals surface area contributed by atoms with Gasteiger partial charge >= 0.3 is 0 Å². The predicted octanol–water partition coefficient (Wildman–Crippen LogP) is 2.29. The third-order valence-electron chi connectivity index (χ3n) is 4.21. The van der Waals surface area contributed by atoms with Gasteiger partial charge in [-0.1, -0.05) is 47.2 Å². The van der Waals surface area contributed by atoms with Crippen LogP contribution in [0.2, 0.25) is 0 Å². The van der Waals surface area contributed by atoms with Crippen molar-refractivity contribution in [3.05, 3.63) is 69.5 Å². The van der Waals surface area contributed by atoms with E-state index < -0.39 is 0 Å². The van der Waals surface area contributed by atoms with Crippen molar-refractivity contribution in [1.82, 2.24) is 20.3 Å². The van der Waals surface area contributed by atoms with E-state index in [0.717, 1.165) is 21.4 Å². The second-order valence-electron chi connectivity index (χ2n) is 6.22. The van der Waals surface area contributed by atoms with Crippen LogP contribution < -0.4 is 10.9 Å². The number of aryl methyl sites for hydroxylation is 2. The summed E-state index contributed by atoms with van der Waals surface area (Å²) in [6.45, 7) is 5.60. The number of aromatic nitrogens is 3. The van der Waals surface area contributed by atoms with Gasteiger partial charge in [0.15, 0.2) is 0 Å². The van der Waals surface area contributed by atoms with Crippen LogP contribution in [0.5, 0.6) is 0 Å². The minimum atomic E-state index is -0.304. The van der Waals surface area contributed by atoms with Gasteiger partial charge in [0.1, 0.15) is 12.1 Å². The number of hydrogen-bond donors (Lipinski definition) is 1. The lowest BCUT2D eigenvalue weighted by Gasteiger charge is -2.15.